The fourth-order valence-corrected chi connectivity index (χ4v) is 3.32. The standard InChI is InChI=1S/C22H16ClNO3/c1-27-16-8-10-18(22(26)14-5-3-2-4-6-14)20(12-16)24-13-21(25)17-9-7-15(23)11-19(17)24/h2-13,25H,1H3. The molecule has 1 heterocycles. The van der Waals surface area contributed by atoms with Crippen molar-refractivity contribution in [1.82, 2.24) is 4.57 Å². The number of ether oxygens (including phenoxy) is 1. The van der Waals surface area contributed by atoms with Gasteiger partial charge in [0.05, 0.1) is 24.5 Å². The van der Waals surface area contributed by atoms with Crippen molar-refractivity contribution in [2.24, 2.45) is 0 Å². The van der Waals surface area contributed by atoms with Gasteiger partial charge in [-0.15, -0.1) is 0 Å². The first-order chi connectivity index (χ1) is 13.1. The predicted molar refractivity (Wildman–Crippen MR) is 106 cm³/mol. The third kappa shape index (κ3) is 3.04. The molecule has 0 aliphatic rings. The zero-order valence-electron chi connectivity index (χ0n) is 14.5. The normalized spacial score (nSPS) is 10.9. The van der Waals surface area contributed by atoms with Gasteiger partial charge in [-0.3, -0.25) is 4.79 Å². The van der Waals surface area contributed by atoms with Crippen molar-refractivity contribution < 1.29 is 14.6 Å². The predicted octanol–water partition coefficient (Wildman–Crippen LogP) is 5.23. The quantitative estimate of drug-likeness (QED) is 0.495. The van der Waals surface area contributed by atoms with Gasteiger partial charge >= 0.3 is 0 Å². The number of rotatable bonds is 4. The van der Waals surface area contributed by atoms with E-state index >= 15 is 0 Å². The molecule has 0 atom stereocenters. The first-order valence-electron chi connectivity index (χ1n) is 8.36. The summed E-state index contributed by atoms with van der Waals surface area (Å²) in [6.07, 6.45) is 1.58. The topological polar surface area (TPSA) is 51.5 Å². The Labute approximate surface area is 161 Å². The maximum atomic E-state index is 13.1. The Kier molecular flexibility index (Phi) is 4.34. The Morgan fingerprint density at radius 1 is 1.04 bits per heavy atom. The van der Waals surface area contributed by atoms with Crippen LogP contribution in [0, 0.1) is 0 Å². The van der Waals surface area contributed by atoms with Crippen LogP contribution in [0.3, 0.4) is 0 Å². The van der Waals surface area contributed by atoms with Gasteiger partial charge in [-0.1, -0.05) is 41.9 Å². The molecule has 3 aromatic carbocycles. The first kappa shape index (κ1) is 17.2. The molecule has 0 radical (unpaired) electrons. The van der Waals surface area contributed by atoms with E-state index in [1.165, 1.54) is 0 Å². The Morgan fingerprint density at radius 3 is 2.56 bits per heavy atom. The second-order valence-corrected chi connectivity index (χ2v) is 6.56. The molecule has 0 saturated heterocycles. The van der Waals surface area contributed by atoms with Crippen molar-refractivity contribution in [2.45, 2.75) is 0 Å². The molecular weight excluding hydrogens is 362 g/mol. The van der Waals surface area contributed by atoms with Crippen LogP contribution in [-0.4, -0.2) is 22.6 Å². The number of benzene rings is 3. The van der Waals surface area contributed by atoms with Crippen LogP contribution in [-0.2, 0) is 0 Å². The summed E-state index contributed by atoms with van der Waals surface area (Å²) in [6, 6.07) is 19.6. The second-order valence-electron chi connectivity index (χ2n) is 6.12. The lowest BCUT2D eigenvalue weighted by Gasteiger charge is -2.13. The van der Waals surface area contributed by atoms with Crippen LogP contribution in [0.5, 0.6) is 11.5 Å². The highest BCUT2D eigenvalue weighted by molar-refractivity contribution is 6.31. The monoisotopic (exact) mass is 377 g/mol. The molecule has 27 heavy (non-hydrogen) atoms. The molecular formula is C22H16ClNO3. The molecule has 0 unspecified atom stereocenters. The van der Waals surface area contributed by atoms with Crippen LogP contribution < -0.4 is 4.74 Å². The van der Waals surface area contributed by atoms with Crippen LogP contribution in [0.15, 0.2) is 72.9 Å². The van der Waals surface area contributed by atoms with Gasteiger partial charge in [-0.05, 0) is 30.3 Å². The number of ketones is 1. The number of nitrogens with zero attached hydrogens (tertiary/aromatic N) is 1. The van der Waals surface area contributed by atoms with Crippen LogP contribution in [0.1, 0.15) is 15.9 Å². The first-order valence-corrected chi connectivity index (χ1v) is 8.74. The summed E-state index contributed by atoms with van der Waals surface area (Å²) in [5.74, 6) is 0.609. The van der Waals surface area contributed by atoms with Gasteiger partial charge in [0.25, 0.3) is 0 Å². The molecule has 4 nitrogen and oxygen atoms in total. The van der Waals surface area contributed by atoms with Gasteiger partial charge in [0.1, 0.15) is 11.5 Å². The Hall–Kier alpha value is -3.24. The van der Waals surface area contributed by atoms with E-state index in [1.54, 1.807) is 66.4 Å². The summed E-state index contributed by atoms with van der Waals surface area (Å²) in [5, 5.41) is 11.5. The van der Waals surface area contributed by atoms with Crippen LogP contribution >= 0.6 is 11.6 Å². The van der Waals surface area contributed by atoms with E-state index in [9.17, 15) is 9.90 Å². The van der Waals surface area contributed by atoms with E-state index in [0.29, 0.717) is 38.5 Å². The summed E-state index contributed by atoms with van der Waals surface area (Å²) in [6.45, 7) is 0. The fourth-order valence-electron chi connectivity index (χ4n) is 3.16. The average molecular weight is 378 g/mol. The minimum atomic E-state index is -0.114. The molecule has 0 aliphatic heterocycles. The molecule has 0 fully saturated rings. The third-order valence-electron chi connectivity index (χ3n) is 4.49. The lowest BCUT2D eigenvalue weighted by molar-refractivity contribution is 0.103. The van der Waals surface area contributed by atoms with Crippen molar-refractivity contribution in [1.29, 1.82) is 0 Å². The lowest BCUT2D eigenvalue weighted by atomic mass is 10.0. The highest BCUT2D eigenvalue weighted by atomic mass is 35.5. The van der Waals surface area contributed by atoms with Gasteiger partial charge in [0.2, 0.25) is 0 Å². The van der Waals surface area contributed by atoms with Crippen LogP contribution in [0.25, 0.3) is 16.6 Å². The van der Waals surface area contributed by atoms with Gasteiger partial charge in [0, 0.05) is 27.6 Å². The highest BCUT2D eigenvalue weighted by Gasteiger charge is 2.18. The average Bonchev–Trinajstić information content (AvgIpc) is 3.03. The number of fused-ring (bicyclic) bond motifs is 1. The van der Waals surface area contributed by atoms with Crippen molar-refractivity contribution >= 4 is 28.3 Å². The second kappa shape index (κ2) is 6.82. The maximum absolute atomic E-state index is 13.1. The molecule has 0 amide bonds. The summed E-state index contributed by atoms with van der Waals surface area (Å²) >= 11 is 6.16. The van der Waals surface area contributed by atoms with Gasteiger partial charge in [-0.25, -0.2) is 0 Å². The molecule has 1 aromatic heterocycles. The Morgan fingerprint density at radius 2 is 1.81 bits per heavy atom. The molecule has 4 aromatic rings. The number of aromatic nitrogens is 1. The van der Waals surface area contributed by atoms with Gasteiger partial charge < -0.3 is 14.4 Å². The largest absolute Gasteiger partial charge is 0.506 e. The van der Waals surface area contributed by atoms with E-state index in [1.807, 2.05) is 18.2 Å². The summed E-state index contributed by atoms with van der Waals surface area (Å²) in [5.41, 5.74) is 2.40. The number of halogens is 1. The number of aromatic hydroxyl groups is 1. The number of hydrogen-bond donors (Lipinski definition) is 1. The zero-order valence-corrected chi connectivity index (χ0v) is 15.3. The van der Waals surface area contributed by atoms with Gasteiger partial charge in [-0.2, -0.15) is 0 Å². The lowest BCUT2D eigenvalue weighted by Crippen LogP contribution is -2.07. The maximum Gasteiger partial charge on any atom is 0.195 e. The number of methoxy groups -OCH3 is 1. The fraction of sp³-hybridized carbons (Fsp3) is 0.0455. The zero-order chi connectivity index (χ0) is 19.0. The summed E-state index contributed by atoms with van der Waals surface area (Å²) in [7, 11) is 1.57. The minimum Gasteiger partial charge on any atom is -0.506 e. The molecule has 0 saturated carbocycles. The SMILES string of the molecule is COc1ccc(C(=O)c2ccccc2)c(-n2cc(O)c3ccc(Cl)cc32)c1. The van der Waals surface area contributed by atoms with E-state index < -0.39 is 0 Å². The van der Waals surface area contributed by atoms with Crippen LogP contribution in [0.4, 0.5) is 0 Å². The number of hydrogen-bond acceptors (Lipinski definition) is 3. The summed E-state index contributed by atoms with van der Waals surface area (Å²) < 4.78 is 7.11. The van der Waals surface area contributed by atoms with Crippen molar-refractivity contribution in [2.75, 3.05) is 7.11 Å². The van der Waals surface area contributed by atoms with Crippen molar-refractivity contribution in [3.05, 3.63) is 89.1 Å². The molecule has 1 N–H and O–H groups in total. The Balaban J connectivity index is 1.98. The highest BCUT2D eigenvalue weighted by Crippen LogP contribution is 2.34. The van der Waals surface area contributed by atoms with Crippen LogP contribution in [0.2, 0.25) is 5.02 Å². The summed E-state index contributed by atoms with van der Waals surface area (Å²) in [4.78, 5) is 13.1. The number of carbonyl (C=O) groups is 1. The minimum absolute atomic E-state index is 0.114. The molecule has 0 aliphatic carbocycles. The van der Waals surface area contributed by atoms with Crippen molar-refractivity contribution in [3.63, 3.8) is 0 Å². The number of carbonyl (C=O) groups excluding carboxylic acids is 1. The molecule has 0 spiro atoms. The van der Waals surface area contributed by atoms with E-state index in [0.717, 1.165) is 0 Å². The van der Waals surface area contributed by atoms with E-state index in [2.05, 4.69) is 0 Å². The molecule has 5 heteroatoms. The van der Waals surface area contributed by atoms with E-state index in [4.69, 9.17) is 16.3 Å². The molecule has 134 valence electrons. The third-order valence-corrected chi connectivity index (χ3v) is 4.73. The van der Waals surface area contributed by atoms with Gasteiger partial charge in [0.15, 0.2) is 5.78 Å². The molecule has 0 bridgehead atoms. The molecule has 4 rings (SSSR count). The van der Waals surface area contributed by atoms with E-state index in [-0.39, 0.29) is 11.5 Å². The Bertz CT molecular complexity index is 1150. The smallest absolute Gasteiger partial charge is 0.195 e. The van der Waals surface area contributed by atoms with Crippen molar-refractivity contribution in [3.8, 4) is 17.2 Å².